The highest BCUT2D eigenvalue weighted by molar-refractivity contribution is 7.93. The summed E-state index contributed by atoms with van der Waals surface area (Å²) in [5, 5.41) is 0.920. The monoisotopic (exact) mass is 257 g/mol. The molecule has 0 unspecified atom stereocenters. The van der Waals surface area contributed by atoms with Crippen LogP contribution in [-0.2, 0) is 9.84 Å². The Morgan fingerprint density at radius 1 is 1.38 bits per heavy atom. The molecule has 6 heteroatoms. The first-order valence-corrected chi connectivity index (χ1v) is 7.09. The van der Waals surface area contributed by atoms with Crippen LogP contribution in [0.4, 0.5) is 0 Å². The summed E-state index contributed by atoms with van der Waals surface area (Å²) in [6.07, 6.45) is 1.45. The van der Waals surface area contributed by atoms with Crippen molar-refractivity contribution in [3.8, 4) is 0 Å². The maximum atomic E-state index is 12.2. The van der Waals surface area contributed by atoms with Crippen molar-refractivity contribution in [3.05, 3.63) is 41.7 Å². The Balaban J connectivity index is 2.43. The molecule has 0 radical (unpaired) electrons. The Hall–Kier alpha value is -1.11. The number of rotatable bonds is 4. The molecule has 0 aromatic carbocycles. The van der Waals surface area contributed by atoms with Crippen LogP contribution in [0, 0.1) is 0 Å². The number of furan rings is 1. The predicted molar refractivity (Wildman–Crippen MR) is 62.0 cm³/mol. The van der Waals surface area contributed by atoms with Crippen LogP contribution in [0.1, 0.15) is 11.0 Å². The number of sulfone groups is 1. The van der Waals surface area contributed by atoms with Crippen molar-refractivity contribution in [1.29, 1.82) is 0 Å². The third-order valence-electron chi connectivity index (χ3n) is 2.22. The lowest BCUT2D eigenvalue weighted by molar-refractivity contribution is 0.492. The first-order chi connectivity index (χ1) is 7.66. The average molecular weight is 257 g/mol. The van der Waals surface area contributed by atoms with Gasteiger partial charge < -0.3 is 10.2 Å². The fourth-order valence-corrected chi connectivity index (χ4v) is 4.18. The first kappa shape index (κ1) is 11.4. The Morgan fingerprint density at radius 2 is 2.19 bits per heavy atom. The van der Waals surface area contributed by atoms with Gasteiger partial charge in [0.1, 0.15) is 15.2 Å². The third-order valence-corrected chi connectivity index (χ3v) is 5.74. The predicted octanol–water partition coefficient (Wildman–Crippen LogP) is 1.81. The smallest absolute Gasteiger partial charge is 0.199 e. The minimum atomic E-state index is -3.43. The fourth-order valence-electron chi connectivity index (χ4n) is 1.44. The molecular formula is C10H11NO3S2. The van der Waals surface area contributed by atoms with Crippen LogP contribution < -0.4 is 5.73 Å². The van der Waals surface area contributed by atoms with Crippen LogP contribution in [0.5, 0.6) is 0 Å². The molecule has 1 atom stereocenters. The molecule has 2 N–H and O–H groups in total. The minimum absolute atomic E-state index is 0.00769. The van der Waals surface area contributed by atoms with Crippen molar-refractivity contribution in [1.82, 2.24) is 0 Å². The summed E-state index contributed by atoms with van der Waals surface area (Å²) in [5.41, 5.74) is 5.52. The minimum Gasteiger partial charge on any atom is -0.468 e. The molecule has 2 heterocycles. The van der Waals surface area contributed by atoms with Gasteiger partial charge in [0.15, 0.2) is 9.84 Å². The molecule has 0 saturated carbocycles. The van der Waals surface area contributed by atoms with E-state index in [1.807, 2.05) is 0 Å². The Bertz CT molecular complexity index is 529. The van der Waals surface area contributed by atoms with E-state index in [0.29, 0.717) is 9.97 Å². The average Bonchev–Trinajstić information content (AvgIpc) is 2.91. The van der Waals surface area contributed by atoms with E-state index in [1.165, 1.54) is 17.6 Å². The summed E-state index contributed by atoms with van der Waals surface area (Å²) in [6.45, 7) is 0.00769. The summed E-state index contributed by atoms with van der Waals surface area (Å²) in [7, 11) is -3.43. The lowest BCUT2D eigenvalue weighted by atomic mass is 10.3. The van der Waals surface area contributed by atoms with Gasteiger partial charge in [-0.15, -0.1) is 11.3 Å². The van der Waals surface area contributed by atoms with E-state index in [2.05, 4.69) is 0 Å². The van der Waals surface area contributed by atoms with Gasteiger partial charge in [0.25, 0.3) is 0 Å². The second-order valence-corrected chi connectivity index (χ2v) is 6.52. The number of thiophene rings is 1. The van der Waals surface area contributed by atoms with Crippen LogP contribution in [0.2, 0.25) is 0 Å². The molecule has 16 heavy (non-hydrogen) atoms. The maximum Gasteiger partial charge on any atom is 0.199 e. The number of nitrogens with two attached hydrogens (primary N) is 1. The lowest BCUT2D eigenvalue weighted by Crippen LogP contribution is -2.21. The highest BCUT2D eigenvalue weighted by Crippen LogP contribution is 2.30. The molecule has 0 saturated heterocycles. The molecule has 0 bridgehead atoms. The molecule has 2 aromatic heterocycles. The zero-order valence-corrected chi connectivity index (χ0v) is 10.0. The topological polar surface area (TPSA) is 73.3 Å². The third kappa shape index (κ3) is 1.91. The van der Waals surface area contributed by atoms with E-state index >= 15 is 0 Å². The molecule has 4 nitrogen and oxygen atoms in total. The van der Waals surface area contributed by atoms with Crippen molar-refractivity contribution in [2.75, 3.05) is 6.54 Å². The van der Waals surface area contributed by atoms with Gasteiger partial charge >= 0.3 is 0 Å². The van der Waals surface area contributed by atoms with Gasteiger partial charge in [-0.1, -0.05) is 6.07 Å². The molecule has 0 fully saturated rings. The van der Waals surface area contributed by atoms with Gasteiger partial charge in [-0.25, -0.2) is 8.42 Å². The summed E-state index contributed by atoms with van der Waals surface area (Å²) in [5.74, 6) is 0.385. The molecule has 0 amide bonds. The van der Waals surface area contributed by atoms with Gasteiger partial charge in [-0.05, 0) is 23.6 Å². The molecule has 0 aliphatic heterocycles. The van der Waals surface area contributed by atoms with Crippen molar-refractivity contribution < 1.29 is 12.8 Å². The summed E-state index contributed by atoms with van der Waals surface area (Å²) < 4.78 is 29.8. The molecule has 0 aliphatic carbocycles. The SMILES string of the molecule is NC[C@H](c1ccco1)S(=O)(=O)c1cccs1. The van der Waals surface area contributed by atoms with Crippen LogP contribution in [0.25, 0.3) is 0 Å². The zero-order chi connectivity index (χ0) is 11.6. The molecule has 0 aliphatic rings. The van der Waals surface area contributed by atoms with Gasteiger partial charge in [0.2, 0.25) is 0 Å². The fraction of sp³-hybridized carbons (Fsp3) is 0.200. The van der Waals surface area contributed by atoms with Gasteiger partial charge in [0.05, 0.1) is 6.26 Å². The van der Waals surface area contributed by atoms with Crippen LogP contribution in [0.15, 0.2) is 44.5 Å². The Labute approximate surface area is 97.6 Å². The van der Waals surface area contributed by atoms with E-state index < -0.39 is 15.1 Å². The van der Waals surface area contributed by atoms with E-state index in [-0.39, 0.29) is 6.54 Å². The lowest BCUT2D eigenvalue weighted by Gasteiger charge is -2.11. The van der Waals surface area contributed by atoms with Crippen molar-refractivity contribution in [3.63, 3.8) is 0 Å². The zero-order valence-electron chi connectivity index (χ0n) is 8.37. The summed E-state index contributed by atoms with van der Waals surface area (Å²) in [4.78, 5) is 0. The van der Waals surface area contributed by atoms with E-state index in [0.717, 1.165) is 0 Å². The second kappa shape index (κ2) is 4.40. The molecule has 2 rings (SSSR count). The molecular weight excluding hydrogens is 246 g/mol. The van der Waals surface area contributed by atoms with Crippen molar-refractivity contribution in [2.45, 2.75) is 9.46 Å². The van der Waals surface area contributed by atoms with Crippen LogP contribution in [-0.4, -0.2) is 15.0 Å². The normalized spacial score (nSPS) is 13.8. The van der Waals surface area contributed by atoms with Crippen LogP contribution in [0.3, 0.4) is 0 Å². The standard InChI is InChI=1S/C10H11NO3S2/c11-7-9(8-3-1-5-14-8)16(12,13)10-4-2-6-15-10/h1-6,9H,7,11H2/t9-/m1/s1. The van der Waals surface area contributed by atoms with E-state index in [9.17, 15) is 8.42 Å². The molecule has 0 spiro atoms. The highest BCUT2D eigenvalue weighted by Gasteiger charge is 2.30. The largest absolute Gasteiger partial charge is 0.468 e. The quantitative estimate of drug-likeness (QED) is 0.906. The van der Waals surface area contributed by atoms with E-state index in [4.69, 9.17) is 10.2 Å². The van der Waals surface area contributed by atoms with Crippen molar-refractivity contribution >= 4 is 21.2 Å². The molecule has 86 valence electrons. The highest BCUT2D eigenvalue weighted by atomic mass is 32.2. The maximum absolute atomic E-state index is 12.2. The van der Waals surface area contributed by atoms with Gasteiger partial charge in [-0.3, -0.25) is 0 Å². The van der Waals surface area contributed by atoms with Crippen LogP contribution >= 0.6 is 11.3 Å². The van der Waals surface area contributed by atoms with Crippen molar-refractivity contribution in [2.24, 2.45) is 5.73 Å². The summed E-state index contributed by atoms with van der Waals surface area (Å²) in [6, 6.07) is 6.56. The molecule has 2 aromatic rings. The van der Waals surface area contributed by atoms with Gasteiger partial charge in [0, 0.05) is 6.54 Å². The second-order valence-electron chi connectivity index (χ2n) is 3.22. The first-order valence-electron chi connectivity index (χ1n) is 4.67. The van der Waals surface area contributed by atoms with E-state index in [1.54, 1.807) is 29.6 Å². The Kier molecular flexibility index (Phi) is 3.13. The van der Waals surface area contributed by atoms with Gasteiger partial charge in [-0.2, -0.15) is 0 Å². The summed E-state index contributed by atoms with van der Waals surface area (Å²) >= 11 is 1.19. The number of hydrogen-bond donors (Lipinski definition) is 1. The Morgan fingerprint density at radius 3 is 2.69 bits per heavy atom. The number of hydrogen-bond acceptors (Lipinski definition) is 5.